The maximum absolute atomic E-state index is 12.1. The van der Waals surface area contributed by atoms with E-state index in [2.05, 4.69) is 20.5 Å². The second kappa shape index (κ2) is 11.6. The van der Waals surface area contributed by atoms with Gasteiger partial charge in [0, 0.05) is 16.8 Å². The van der Waals surface area contributed by atoms with Gasteiger partial charge < -0.3 is 15.9 Å². The van der Waals surface area contributed by atoms with E-state index in [1.807, 2.05) is 0 Å². The van der Waals surface area contributed by atoms with Gasteiger partial charge in [-0.25, -0.2) is 0 Å². The fourth-order valence-corrected chi connectivity index (χ4v) is 6.55. The molecule has 20 heteroatoms. The van der Waals surface area contributed by atoms with Crippen LogP contribution in [0.25, 0.3) is 21.5 Å². The number of azo groups is 2. The van der Waals surface area contributed by atoms with Crippen molar-refractivity contribution in [3.8, 4) is 11.5 Å². The van der Waals surface area contributed by atoms with E-state index in [1.165, 1.54) is 30.3 Å². The maximum Gasteiger partial charge on any atom is 0.296 e. The first-order valence-corrected chi connectivity index (χ1v) is 16.9. The van der Waals surface area contributed by atoms with Crippen molar-refractivity contribution in [1.82, 2.24) is 0 Å². The highest BCUT2D eigenvalue weighted by Gasteiger charge is 2.25. The summed E-state index contributed by atoms with van der Waals surface area (Å²) in [6.45, 7) is 0. The molecule has 7 N–H and O–H groups in total. The summed E-state index contributed by atoms with van der Waals surface area (Å²) in [5, 5.41) is 36.7. The van der Waals surface area contributed by atoms with E-state index in [0.717, 1.165) is 30.3 Å². The molecule has 0 aliphatic heterocycles. The van der Waals surface area contributed by atoms with Crippen molar-refractivity contribution in [1.29, 1.82) is 0 Å². The molecule has 0 aliphatic rings. The molecule has 238 valence electrons. The highest BCUT2D eigenvalue weighted by Crippen LogP contribution is 2.44. The van der Waals surface area contributed by atoms with Crippen molar-refractivity contribution in [2.24, 2.45) is 20.5 Å². The Balaban J connectivity index is 1.52. The predicted molar refractivity (Wildman–Crippen MR) is 165 cm³/mol. The van der Waals surface area contributed by atoms with Crippen LogP contribution in [0.3, 0.4) is 0 Å². The molecule has 0 aliphatic carbocycles. The number of hydrogen-bond acceptors (Lipinski definition) is 13. The van der Waals surface area contributed by atoms with Crippen LogP contribution in [0.5, 0.6) is 11.5 Å². The van der Waals surface area contributed by atoms with Crippen molar-refractivity contribution in [2.45, 2.75) is 14.7 Å². The molecule has 0 atom stereocenters. The Bertz CT molecular complexity index is 2510. The van der Waals surface area contributed by atoms with Gasteiger partial charge in [-0.1, -0.05) is 29.8 Å². The lowest BCUT2D eigenvalue weighted by Crippen LogP contribution is -2.04. The maximum atomic E-state index is 12.1. The summed E-state index contributed by atoms with van der Waals surface area (Å²) in [7, 11) is -14.4. The van der Waals surface area contributed by atoms with Gasteiger partial charge >= 0.3 is 0 Å². The van der Waals surface area contributed by atoms with Crippen LogP contribution in [0.1, 0.15) is 0 Å². The van der Waals surface area contributed by atoms with Crippen LogP contribution in [0, 0.1) is 0 Å². The minimum atomic E-state index is -5.10. The molecule has 5 aromatic carbocycles. The van der Waals surface area contributed by atoms with E-state index in [1.54, 1.807) is 6.07 Å². The highest BCUT2D eigenvalue weighted by molar-refractivity contribution is 7.86. The number of phenolic OH excluding ortho intramolecular Hbond substituents is 2. The molecule has 0 fully saturated rings. The minimum absolute atomic E-state index is 0.145. The monoisotopic (exact) mass is 707 g/mol. The Labute approximate surface area is 264 Å². The number of phenols is 2. The molecule has 0 amide bonds. The van der Waals surface area contributed by atoms with Crippen molar-refractivity contribution in [2.75, 3.05) is 5.73 Å². The van der Waals surface area contributed by atoms with Gasteiger partial charge in [0.05, 0.1) is 16.4 Å². The number of anilines is 1. The number of halogens is 1. The lowest BCUT2D eigenvalue weighted by Gasteiger charge is -2.11. The summed E-state index contributed by atoms with van der Waals surface area (Å²) in [5.74, 6) is -1.40. The molecular weight excluding hydrogens is 690 g/mol. The number of nitrogen functional groups attached to an aromatic ring is 1. The molecule has 0 spiro atoms. The molecule has 0 aromatic heterocycles. The molecule has 0 radical (unpaired) electrons. The average Bonchev–Trinajstić information content (AvgIpc) is 2.95. The van der Waals surface area contributed by atoms with Gasteiger partial charge in [-0.05, 0) is 53.2 Å². The number of nitrogens with two attached hydrogens (primary N) is 1. The topological polar surface area (TPSA) is 279 Å². The van der Waals surface area contributed by atoms with Gasteiger partial charge in [0.1, 0.15) is 37.5 Å². The molecule has 0 saturated heterocycles. The predicted octanol–water partition coefficient (Wildman–Crippen LogP) is 6.21. The first-order valence-electron chi connectivity index (χ1n) is 12.2. The molecule has 0 bridgehead atoms. The zero-order valence-electron chi connectivity index (χ0n) is 22.5. The van der Waals surface area contributed by atoms with E-state index in [0.29, 0.717) is 5.39 Å². The second-order valence-corrected chi connectivity index (χ2v) is 14.0. The third-order valence-electron chi connectivity index (χ3n) is 6.41. The summed E-state index contributed by atoms with van der Waals surface area (Å²) in [6, 6.07) is 13.2. The van der Waals surface area contributed by atoms with Gasteiger partial charge in [-0.3, -0.25) is 13.7 Å². The van der Waals surface area contributed by atoms with Crippen LogP contribution < -0.4 is 5.73 Å². The lowest BCUT2D eigenvalue weighted by molar-refractivity contribution is 0.471. The number of benzene rings is 5. The zero-order valence-corrected chi connectivity index (χ0v) is 25.7. The third-order valence-corrected chi connectivity index (χ3v) is 9.40. The SMILES string of the molecule is Nc1cc2c(O)c(/N=N/c3cc(O)c(/N=N/c4ccc5c(S(=O)(=O)O)cccc5c4)cc3Cl)c(S(=O)(=O)O)cc2cc1S(=O)(=O)O. The third kappa shape index (κ3) is 6.46. The van der Waals surface area contributed by atoms with Crippen molar-refractivity contribution in [3.63, 3.8) is 0 Å². The van der Waals surface area contributed by atoms with Crippen LogP contribution in [-0.2, 0) is 30.4 Å². The second-order valence-electron chi connectivity index (χ2n) is 9.46. The Kier molecular flexibility index (Phi) is 8.19. The van der Waals surface area contributed by atoms with E-state index < -0.39 is 63.0 Å². The molecule has 0 heterocycles. The fraction of sp³-hybridized carbons (Fsp3) is 0. The summed E-state index contributed by atoms with van der Waals surface area (Å²) in [5.41, 5.74) is 4.25. The number of hydrogen-bond donors (Lipinski definition) is 6. The van der Waals surface area contributed by atoms with Gasteiger partial charge in [-0.15, -0.1) is 15.3 Å². The number of nitrogens with zero attached hydrogens (tertiary/aromatic N) is 4. The first-order chi connectivity index (χ1) is 21.3. The largest absolute Gasteiger partial charge is 0.506 e. The molecule has 0 unspecified atom stereocenters. The minimum Gasteiger partial charge on any atom is -0.506 e. The van der Waals surface area contributed by atoms with Crippen LogP contribution in [0.2, 0.25) is 5.02 Å². The normalized spacial score (nSPS) is 13.0. The highest BCUT2D eigenvalue weighted by atomic mass is 35.5. The van der Waals surface area contributed by atoms with Crippen LogP contribution in [0.4, 0.5) is 28.4 Å². The van der Waals surface area contributed by atoms with E-state index >= 15 is 0 Å². The van der Waals surface area contributed by atoms with E-state index in [9.17, 15) is 49.1 Å². The number of fused-ring (bicyclic) bond motifs is 2. The molecule has 5 rings (SSSR count). The van der Waals surface area contributed by atoms with Crippen LogP contribution in [-0.4, -0.2) is 49.1 Å². The summed E-state index contributed by atoms with van der Waals surface area (Å²) >= 11 is 6.26. The molecule has 5 aromatic rings. The molecule has 16 nitrogen and oxygen atoms in total. The van der Waals surface area contributed by atoms with Gasteiger partial charge in [0.15, 0.2) is 5.75 Å². The van der Waals surface area contributed by atoms with Gasteiger partial charge in [0.25, 0.3) is 30.4 Å². The molecular formula is C26H18ClN5O11S3. The van der Waals surface area contributed by atoms with Gasteiger partial charge in [-0.2, -0.15) is 30.4 Å². The number of aromatic hydroxyl groups is 2. The quantitative estimate of drug-likeness (QED) is 0.0625. The van der Waals surface area contributed by atoms with Crippen molar-refractivity contribution < 1.29 is 49.1 Å². The van der Waals surface area contributed by atoms with E-state index in [-0.39, 0.29) is 43.1 Å². The average molecular weight is 708 g/mol. The smallest absolute Gasteiger partial charge is 0.296 e. The Morgan fingerprint density at radius 1 is 0.609 bits per heavy atom. The van der Waals surface area contributed by atoms with E-state index in [4.69, 9.17) is 17.3 Å². The Hall–Kier alpha value is -4.76. The molecule has 0 saturated carbocycles. The first kappa shape index (κ1) is 32.6. The summed E-state index contributed by atoms with van der Waals surface area (Å²) in [4.78, 5) is -2.06. The summed E-state index contributed by atoms with van der Waals surface area (Å²) in [6.07, 6.45) is 0. The van der Waals surface area contributed by atoms with Crippen molar-refractivity contribution >= 4 is 91.9 Å². The molecule has 46 heavy (non-hydrogen) atoms. The van der Waals surface area contributed by atoms with Crippen LogP contribution in [0.15, 0.2) is 102 Å². The Morgan fingerprint density at radius 2 is 1.24 bits per heavy atom. The Morgan fingerprint density at radius 3 is 1.89 bits per heavy atom. The fourth-order valence-electron chi connectivity index (χ4n) is 4.35. The number of rotatable bonds is 7. The summed E-state index contributed by atoms with van der Waals surface area (Å²) < 4.78 is 99.3. The van der Waals surface area contributed by atoms with Crippen LogP contribution >= 0.6 is 11.6 Å². The standard InChI is InChI=1S/C26H18ClN5O11S3/c27-17-10-20(31-29-14-4-5-15-12(6-14)2-1-3-22(15)44(35,36)37)21(33)11-19(17)30-32-25-24(46(41,42)43)8-13-7-23(45(38,39)40)18(28)9-16(13)26(25)34/h1-11,33-34H,28H2,(H,35,36,37)(H,38,39,40)(H,41,42,43)/b31-29+,32-30+. The zero-order chi connectivity index (χ0) is 33.8. The van der Waals surface area contributed by atoms with Gasteiger partial charge in [0.2, 0.25) is 0 Å². The van der Waals surface area contributed by atoms with Crippen molar-refractivity contribution in [3.05, 3.63) is 71.8 Å². The lowest BCUT2D eigenvalue weighted by atomic mass is 10.1.